The zero-order valence-corrected chi connectivity index (χ0v) is 10.3. The summed E-state index contributed by atoms with van der Waals surface area (Å²) < 4.78 is 26.2. The van der Waals surface area contributed by atoms with E-state index in [0.717, 1.165) is 18.2 Å². The minimum absolute atomic E-state index is 0.106. The normalized spacial score (nSPS) is 22.6. The number of rotatable bonds is 3. The Morgan fingerprint density at radius 1 is 1.44 bits per heavy atom. The van der Waals surface area contributed by atoms with Crippen LogP contribution in [0.1, 0.15) is 25.3 Å². The Bertz CT molecular complexity index is 513. The number of hydrogen-bond donors (Lipinski definition) is 0. The van der Waals surface area contributed by atoms with Gasteiger partial charge in [0.05, 0.1) is 5.71 Å². The van der Waals surface area contributed by atoms with Gasteiger partial charge in [0.2, 0.25) is 5.60 Å². The predicted molar refractivity (Wildman–Crippen MR) is 62.5 cm³/mol. The van der Waals surface area contributed by atoms with Gasteiger partial charge in [-0.25, -0.2) is 8.78 Å². The van der Waals surface area contributed by atoms with Crippen molar-refractivity contribution in [1.29, 1.82) is 0 Å². The van der Waals surface area contributed by atoms with Crippen molar-refractivity contribution in [3.05, 3.63) is 35.4 Å². The summed E-state index contributed by atoms with van der Waals surface area (Å²) in [6, 6.07) is 3.03. The van der Waals surface area contributed by atoms with Crippen LogP contribution < -0.4 is 0 Å². The highest BCUT2D eigenvalue weighted by atomic mass is 35.5. The molecule has 0 amide bonds. The van der Waals surface area contributed by atoms with Crippen molar-refractivity contribution in [1.82, 2.24) is 0 Å². The molecule has 1 unspecified atom stereocenters. The lowest BCUT2D eigenvalue weighted by Crippen LogP contribution is -2.35. The Balaban J connectivity index is 2.30. The second-order valence-corrected chi connectivity index (χ2v) is 4.43. The number of carbonyl (C=O) groups is 1. The van der Waals surface area contributed by atoms with Crippen LogP contribution in [0.4, 0.5) is 8.78 Å². The molecule has 0 spiro atoms. The summed E-state index contributed by atoms with van der Waals surface area (Å²) >= 11 is 5.47. The average molecular weight is 274 g/mol. The van der Waals surface area contributed by atoms with E-state index in [0.29, 0.717) is 12.1 Å². The van der Waals surface area contributed by atoms with E-state index in [2.05, 4.69) is 5.16 Å². The van der Waals surface area contributed by atoms with E-state index in [1.54, 1.807) is 6.92 Å². The fourth-order valence-corrected chi connectivity index (χ4v) is 2.02. The molecule has 0 radical (unpaired) electrons. The molecule has 0 fully saturated rings. The minimum atomic E-state index is -1.22. The molecule has 96 valence electrons. The maximum atomic E-state index is 13.1. The summed E-state index contributed by atoms with van der Waals surface area (Å²) in [4.78, 5) is 16.4. The van der Waals surface area contributed by atoms with E-state index >= 15 is 0 Å². The lowest BCUT2D eigenvalue weighted by molar-refractivity contribution is -0.133. The van der Waals surface area contributed by atoms with E-state index in [1.165, 1.54) is 0 Å². The maximum absolute atomic E-state index is 13.1. The molecule has 0 aliphatic carbocycles. The third-order valence-corrected chi connectivity index (χ3v) is 3.25. The molecule has 18 heavy (non-hydrogen) atoms. The second-order valence-electron chi connectivity index (χ2n) is 4.09. The molecule has 0 saturated carbocycles. The summed E-state index contributed by atoms with van der Waals surface area (Å²) in [7, 11) is 0. The molecule has 1 aromatic carbocycles. The lowest BCUT2D eigenvalue weighted by atomic mass is 9.93. The van der Waals surface area contributed by atoms with Crippen molar-refractivity contribution in [2.24, 2.45) is 5.16 Å². The number of oxime groups is 1. The molecular formula is C12H10ClF2NO2. The number of hydrogen-bond acceptors (Lipinski definition) is 3. The fourth-order valence-electron chi connectivity index (χ4n) is 1.79. The molecule has 0 bridgehead atoms. The van der Waals surface area contributed by atoms with Gasteiger partial charge in [0.25, 0.3) is 5.24 Å². The Hall–Kier alpha value is -1.49. The van der Waals surface area contributed by atoms with Gasteiger partial charge in [-0.15, -0.1) is 0 Å². The maximum Gasteiger partial charge on any atom is 0.268 e. The summed E-state index contributed by atoms with van der Waals surface area (Å²) in [5.74, 6) is -1.42. The van der Waals surface area contributed by atoms with E-state index in [9.17, 15) is 13.6 Å². The van der Waals surface area contributed by atoms with Crippen LogP contribution in [-0.2, 0) is 9.63 Å². The molecule has 6 heteroatoms. The Morgan fingerprint density at radius 2 is 2.06 bits per heavy atom. The van der Waals surface area contributed by atoms with Gasteiger partial charge in [0.15, 0.2) is 0 Å². The van der Waals surface area contributed by atoms with Crippen LogP contribution in [0.3, 0.4) is 0 Å². The number of benzene rings is 1. The molecule has 1 atom stereocenters. The third kappa shape index (κ3) is 2.22. The molecule has 3 nitrogen and oxygen atoms in total. The molecule has 1 aliphatic heterocycles. The minimum Gasteiger partial charge on any atom is -0.379 e. The smallest absolute Gasteiger partial charge is 0.268 e. The van der Waals surface area contributed by atoms with Crippen molar-refractivity contribution >= 4 is 22.6 Å². The molecule has 1 aliphatic rings. The highest BCUT2D eigenvalue weighted by molar-refractivity contribution is 6.65. The van der Waals surface area contributed by atoms with Crippen molar-refractivity contribution < 1.29 is 18.4 Å². The second kappa shape index (κ2) is 4.65. The quantitative estimate of drug-likeness (QED) is 0.794. The SMILES string of the molecule is CCC1(C(=O)Cl)CC(c2cc(F)cc(F)c2)=NO1. The van der Waals surface area contributed by atoms with Gasteiger partial charge >= 0.3 is 0 Å². The van der Waals surface area contributed by atoms with Crippen LogP contribution in [0.15, 0.2) is 23.4 Å². The zero-order valence-electron chi connectivity index (χ0n) is 9.54. The average Bonchev–Trinajstić information content (AvgIpc) is 2.73. The van der Waals surface area contributed by atoms with Crippen LogP contribution >= 0.6 is 11.6 Å². The van der Waals surface area contributed by atoms with Crippen molar-refractivity contribution in [2.45, 2.75) is 25.4 Å². The first-order valence-corrected chi connectivity index (χ1v) is 5.76. The number of halogens is 3. The number of carbonyl (C=O) groups excluding carboxylic acids is 1. The molecular weight excluding hydrogens is 264 g/mol. The van der Waals surface area contributed by atoms with Crippen LogP contribution in [0, 0.1) is 11.6 Å². The van der Waals surface area contributed by atoms with Gasteiger partial charge in [-0.2, -0.15) is 0 Å². The molecule has 0 N–H and O–H groups in total. The molecule has 0 saturated heterocycles. The van der Waals surface area contributed by atoms with Crippen LogP contribution in [0.2, 0.25) is 0 Å². The van der Waals surface area contributed by atoms with Gasteiger partial charge in [-0.05, 0) is 30.2 Å². The van der Waals surface area contributed by atoms with Gasteiger partial charge in [0.1, 0.15) is 11.6 Å². The Morgan fingerprint density at radius 3 is 2.50 bits per heavy atom. The fraction of sp³-hybridized carbons (Fsp3) is 0.333. The standard InChI is InChI=1S/C12H10ClF2NO2/c1-2-12(11(13)17)6-10(16-18-12)7-3-8(14)5-9(15)4-7/h3-5H,2,6H2,1H3. The van der Waals surface area contributed by atoms with Crippen molar-refractivity contribution in [2.75, 3.05) is 0 Å². The monoisotopic (exact) mass is 273 g/mol. The highest BCUT2D eigenvalue weighted by Crippen LogP contribution is 2.32. The Kier molecular flexibility index (Phi) is 3.34. The van der Waals surface area contributed by atoms with E-state index < -0.39 is 22.5 Å². The van der Waals surface area contributed by atoms with Gasteiger partial charge in [-0.1, -0.05) is 12.1 Å². The predicted octanol–water partition coefficient (Wildman–Crippen LogP) is 3.00. The first kappa shape index (κ1) is 13.0. The van der Waals surface area contributed by atoms with Crippen molar-refractivity contribution in [3.63, 3.8) is 0 Å². The first-order valence-electron chi connectivity index (χ1n) is 5.38. The lowest BCUT2D eigenvalue weighted by Gasteiger charge is -2.19. The molecule has 0 aromatic heterocycles. The summed E-state index contributed by atoms with van der Waals surface area (Å²) in [5, 5.41) is 3.05. The van der Waals surface area contributed by atoms with Gasteiger partial charge in [0, 0.05) is 18.1 Å². The summed E-state index contributed by atoms with van der Waals surface area (Å²) in [5.41, 5.74) is -0.662. The van der Waals surface area contributed by atoms with Crippen molar-refractivity contribution in [3.8, 4) is 0 Å². The third-order valence-electron chi connectivity index (χ3n) is 2.91. The van der Waals surface area contributed by atoms with Crippen LogP contribution in [-0.4, -0.2) is 16.6 Å². The first-order chi connectivity index (χ1) is 8.47. The summed E-state index contributed by atoms with van der Waals surface area (Å²) in [6.07, 6.45) is 0.439. The molecule has 2 rings (SSSR count). The van der Waals surface area contributed by atoms with Crippen LogP contribution in [0.5, 0.6) is 0 Å². The largest absolute Gasteiger partial charge is 0.379 e. The topological polar surface area (TPSA) is 38.7 Å². The highest BCUT2D eigenvalue weighted by Gasteiger charge is 2.44. The molecule has 1 aromatic rings. The zero-order chi connectivity index (χ0) is 13.3. The van der Waals surface area contributed by atoms with Gasteiger partial charge < -0.3 is 4.84 Å². The van der Waals surface area contributed by atoms with Gasteiger partial charge in [-0.3, -0.25) is 4.79 Å². The molecule has 1 heterocycles. The summed E-state index contributed by atoms with van der Waals surface area (Å²) in [6.45, 7) is 1.73. The van der Waals surface area contributed by atoms with Crippen LogP contribution in [0.25, 0.3) is 0 Å². The van der Waals surface area contributed by atoms with E-state index in [4.69, 9.17) is 16.4 Å². The number of nitrogens with zero attached hydrogens (tertiary/aromatic N) is 1. The van der Waals surface area contributed by atoms with E-state index in [1.807, 2.05) is 0 Å². The van der Waals surface area contributed by atoms with E-state index in [-0.39, 0.29) is 12.0 Å². The Labute approximate surface area is 107 Å².